The van der Waals surface area contributed by atoms with Crippen molar-refractivity contribution in [1.82, 2.24) is 9.88 Å². The van der Waals surface area contributed by atoms with Crippen molar-refractivity contribution >= 4 is 30.1 Å². The summed E-state index contributed by atoms with van der Waals surface area (Å²) in [5, 5.41) is 0. The first-order chi connectivity index (χ1) is 9.52. The van der Waals surface area contributed by atoms with Crippen LogP contribution in [0.15, 0.2) is 4.42 Å². The molecule has 1 atom stereocenters. The molecule has 1 aromatic rings. The van der Waals surface area contributed by atoms with E-state index in [2.05, 4.69) is 18.8 Å². The molecule has 5 nitrogen and oxygen atoms in total. The number of amides is 1. The zero-order valence-electron chi connectivity index (χ0n) is 12.8. The highest BCUT2D eigenvalue weighted by atomic mass is 35.5. The van der Waals surface area contributed by atoms with Crippen LogP contribution in [-0.2, 0) is 17.8 Å². The second-order valence-electron chi connectivity index (χ2n) is 5.47. The van der Waals surface area contributed by atoms with Gasteiger partial charge in [-0.1, -0.05) is 13.8 Å². The Morgan fingerprint density at radius 3 is 2.86 bits per heavy atom. The number of halogens is 1. The third-order valence-electron chi connectivity index (χ3n) is 3.50. The van der Waals surface area contributed by atoms with Crippen molar-refractivity contribution in [3.05, 3.63) is 17.3 Å². The normalized spacial score (nSPS) is 15.6. The van der Waals surface area contributed by atoms with Crippen molar-refractivity contribution in [3.8, 4) is 0 Å². The minimum Gasteiger partial charge on any atom is -0.445 e. The fourth-order valence-electron chi connectivity index (χ4n) is 2.26. The predicted octanol–water partition coefficient (Wildman–Crippen LogP) is 2.18. The monoisotopic (exact) mass is 333 g/mol. The van der Waals surface area contributed by atoms with Crippen molar-refractivity contribution < 1.29 is 9.21 Å². The van der Waals surface area contributed by atoms with Crippen LogP contribution in [0.25, 0.3) is 0 Å². The first kappa shape index (κ1) is 18.3. The number of hydrogen-bond donors (Lipinski definition) is 1. The molecule has 2 rings (SSSR count). The molecule has 120 valence electrons. The Hall–Kier alpha value is -0.720. The van der Waals surface area contributed by atoms with Gasteiger partial charge in [0.05, 0.1) is 12.6 Å². The zero-order chi connectivity index (χ0) is 14.7. The van der Waals surface area contributed by atoms with Crippen LogP contribution in [0.2, 0.25) is 0 Å². The van der Waals surface area contributed by atoms with Crippen LogP contribution >= 0.6 is 24.2 Å². The van der Waals surface area contributed by atoms with Crippen LogP contribution in [0.1, 0.15) is 43.5 Å². The number of nitrogens with two attached hydrogens (primary N) is 1. The SMILES string of the molecule is CSCC[C@H](N)C(=O)N1CCc2oc(C(C)C)nc2C1.Cl. The van der Waals surface area contributed by atoms with Crippen molar-refractivity contribution in [1.29, 1.82) is 0 Å². The van der Waals surface area contributed by atoms with E-state index in [0.29, 0.717) is 13.1 Å². The van der Waals surface area contributed by atoms with Crippen LogP contribution in [0, 0.1) is 0 Å². The highest BCUT2D eigenvalue weighted by Crippen LogP contribution is 2.24. The molecule has 0 bridgehead atoms. The van der Waals surface area contributed by atoms with Gasteiger partial charge in [0.1, 0.15) is 11.5 Å². The molecule has 0 spiro atoms. The zero-order valence-corrected chi connectivity index (χ0v) is 14.4. The Kier molecular flexibility index (Phi) is 7.03. The van der Waals surface area contributed by atoms with Gasteiger partial charge in [-0.25, -0.2) is 4.98 Å². The van der Waals surface area contributed by atoms with Crippen molar-refractivity contribution in [2.24, 2.45) is 5.73 Å². The molecule has 0 unspecified atom stereocenters. The van der Waals surface area contributed by atoms with E-state index in [4.69, 9.17) is 10.2 Å². The maximum atomic E-state index is 12.3. The second-order valence-corrected chi connectivity index (χ2v) is 6.46. The molecule has 1 aliphatic rings. The smallest absolute Gasteiger partial charge is 0.239 e. The fourth-order valence-corrected chi connectivity index (χ4v) is 2.75. The third kappa shape index (κ3) is 4.37. The molecule has 0 fully saturated rings. The molecule has 7 heteroatoms. The highest BCUT2D eigenvalue weighted by molar-refractivity contribution is 7.98. The number of thioether (sulfide) groups is 1. The summed E-state index contributed by atoms with van der Waals surface area (Å²) in [6.07, 6.45) is 3.47. The van der Waals surface area contributed by atoms with E-state index in [9.17, 15) is 4.79 Å². The number of carbonyl (C=O) groups excluding carboxylic acids is 1. The molecule has 2 heterocycles. The van der Waals surface area contributed by atoms with Gasteiger partial charge < -0.3 is 15.1 Å². The fraction of sp³-hybridized carbons (Fsp3) is 0.714. The molecule has 1 aromatic heterocycles. The van der Waals surface area contributed by atoms with Crippen LogP contribution in [-0.4, -0.2) is 40.4 Å². The molecule has 0 radical (unpaired) electrons. The Bertz CT molecular complexity index is 479. The molecule has 0 saturated carbocycles. The van der Waals surface area contributed by atoms with Crippen molar-refractivity contribution in [2.45, 2.75) is 45.2 Å². The molecule has 1 aliphatic heterocycles. The summed E-state index contributed by atoms with van der Waals surface area (Å²) in [7, 11) is 0. The van der Waals surface area contributed by atoms with E-state index in [0.717, 1.165) is 35.9 Å². The Morgan fingerprint density at radius 2 is 2.24 bits per heavy atom. The van der Waals surface area contributed by atoms with Crippen LogP contribution in [0.5, 0.6) is 0 Å². The summed E-state index contributed by atoms with van der Waals surface area (Å²) in [5.74, 6) is 2.90. The van der Waals surface area contributed by atoms with Gasteiger partial charge in [0.2, 0.25) is 5.91 Å². The van der Waals surface area contributed by atoms with E-state index >= 15 is 0 Å². The molecular weight excluding hydrogens is 310 g/mol. The number of fused-ring (bicyclic) bond motifs is 1. The summed E-state index contributed by atoms with van der Waals surface area (Å²) in [6.45, 7) is 5.31. The largest absolute Gasteiger partial charge is 0.445 e. The molecule has 21 heavy (non-hydrogen) atoms. The summed E-state index contributed by atoms with van der Waals surface area (Å²) in [5.41, 5.74) is 6.85. The van der Waals surface area contributed by atoms with E-state index in [1.54, 1.807) is 16.7 Å². The topological polar surface area (TPSA) is 72.4 Å². The van der Waals surface area contributed by atoms with E-state index in [-0.39, 0.29) is 24.2 Å². The van der Waals surface area contributed by atoms with Gasteiger partial charge in [0, 0.05) is 18.9 Å². The Balaban J connectivity index is 0.00000220. The molecule has 1 amide bonds. The number of hydrogen-bond acceptors (Lipinski definition) is 5. The molecule has 0 aliphatic carbocycles. The van der Waals surface area contributed by atoms with Crippen molar-refractivity contribution in [3.63, 3.8) is 0 Å². The lowest BCUT2D eigenvalue weighted by atomic mass is 10.1. The minimum absolute atomic E-state index is 0. The Labute approximate surface area is 136 Å². The lowest BCUT2D eigenvalue weighted by Crippen LogP contribution is -2.46. The van der Waals surface area contributed by atoms with Crippen LogP contribution in [0.3, 0.4) is 0 Å². The summed E-state index contributed by atoms with van der Waals surface area (Å²) in [4.78, 5) is 18.6. The molecule has 0 aromatic carbocycles. The number of rotatable bonds is 5. The molecule has 0 saturated heterocycles. The van der Waals surface area contributed by atoms with Gasteiger partial charge in [0.15, 0.2) is 5.89 Å². The number of nitrogens with zero attached hydrogens (tertiary/aromatic N) is 2. The number of oxazole rings is 1. The lowest BCUT2D eigenvalue weighted by molar-refractivity contribution is -0.133. The summed E-state index contributed by atoms with van der Waals surface area (Å²) < 4.78 is 5.74. The van der Waals surface area contributed by atoms with Gasteiger partial charge in [-0.15, -0.1) is 12.4 Å². The summed E-state index contributed by atoms with van der Waals surface area (Å²) >= 11 is 1.71. The van der Waals surface area contributed by atoms with Gasteiger partial charge in [-0.2, -0.15) is 11.8 Å². The summed E-state index contributed by atoms with van der Waals surface area (Å²) in [6, 6.07) is -0.402. The lowest BCUT2D eigenvalue weighted by Gasteiger charge is -2.27. The maximum absolute atomic E-state index is 12.3. The van der Waals surface area contributed by atoms with Gasteiger partial charge in [-0.05, 0) is 18.4 Å². The average molecular weight is 334 g/mol. The quantitative estimate of drug-likeness (QED) is 0.894. The first-order valence-electron chi connectivity index (χ1n) is 7.04. The van der Waals surface area contributed by atoms with E-state index in [1.807, 2.05) is 6.26 Å². The molecule has 2 N–H and O–H groups in total. The average Bonchev–Trinajstić information content (AvgIpc) is 2.87. The predicted molar refractivity (Wildman–Crippen MR) is 87.9 cm³/mol. The Morgan fingerprint density at radius 1 is 1.52 bits per heavy atom. The first-order valence-corrected chi connectivity index (χ1v) is 8.44. The van der Waals surface area contributed by atoms with Crippen LogP contribution in [0.4, 0.5) is 0 Å². The molecular formula is C14H24ClN3O2S. The second kappa shape index (κ2) is 8.06. The van der Waals surface area contributed by atoms with Gasteiger partial charge >= 0.3 is 0 Å². The third-order valence-corrected chi connectivity index (χ3v) is 4.14. The minimum atomic E-state index is -0.402. The number of aromatic nitrogens is 1. The van der Waals surface area contributed by atoms with Crippen LogP contribution < -0.4 is 5.73 Å². The van der Waals surface area contributed by atoms with Gasteiger partial charge in [-0.3, -0.25) is 4.79 Å². The van der Waals surface area contributed by atoms with Gasteiger partial charge in [0.25, 0.3) is 0 Å². The highest BCUT2D eigenvalue weighted by Gasteiger charge is 2.28. The van der Waals surface area contributed by atoms with Crippen molar-refractivity contribution in [2.75, 3.05) is 18.6 Å². The standard InChI is InChI=1S/C14H23N3O2S.ClH/c1-9(2)13-16-11-8-17(6-4-12(11)19-13)14(18)10(15)5-7-20-3;/h9-10H,4-8,15H2,1-3H3;1H/t10-;/m0./s1. The maximum Gasteiger partial charge on any atom is 0.239 e. The number of carbonyl (C=O) groups is 1. The van der Waals surface area contributed by atoms with E-state index in [1.165, 1.54) is 0 Å². The van der Waals surface area contributed by atoms with E-state index < -0.39 is 6.04 Å².